The minimum absolute atomic E-state index is 0.0357. The van der Waals surface area contributed by atoms with Crippen molar-refractivity contribution in [2.45, 2.75) is 13.1 Å². The lowest BCUT2D eigenvalue weighted by molar-refractivity contribution is -0.121. The second kappa shape index (κ2) is 5.20. The number of anilines is 1. The third-order valence-electron chi connectivity index (χ3n) is 1.55. The Morgan fingerprint density at radius 3 is 2.56 bits per heavy atom. The Labute approximate surface area is 104 Å². The minimum atomic E-state index is -4.65. The Morgan fingerprint density at radius 1 is 1.50 bits per heavy atom. The van der Waals surface area contributed by atoms with Gasteiger partial charge in [0.25, 0.3) is 0 Å². The molecule has 1 heterocycles. The number of nitrogens with zero attached hydrogens (tertiary/aromatic N) is 1. The zero-order chi connectivity index (χ0) is 14.0. The number of Topliss-reactive ketones (excluding diaryl/α,β-unsaturated/α-hetero) is 1. The van der Waals surface area contributed by atoms with Crippen molar-refractivity contribution >= 4 is 32.5 Å². The van der Waals surface area contributed by atoms with Crippen LogP contribution < -0.4 is 9.44 Å². The molecule has 11 heteroatoms. The zero-order valence-corrected chi connectivity index (χ0v) is 10.5. The molecule has 0 saturated carbocycles. The van der Waals surface area contributed by atoms with E-state index in [4.69, 9.17) is 0 Å². The molecular weight excluding hydrogens is 295 g/mol. The first-order valence-electron chi connectivity index (χ1n) is 4.40. The molecule has 0 aliphatic carbocycles. The van der Waals surface area contributed by atoms with E-state index in [2.05, 4.69) is 4.98 Å². The molecule has 1 aromatic heterocycles. The number of carbonyl (C=O) groups is 1. The van der Waals surface area contributed by atoms with Gasteiger partial charge in [-0.2, -0.15) is 26.3 Å². The fourth-order valence-electron chi connectivity index (χ4n) is 0.810. The van der Waals surface area contributed by atoms with Crippen molar-refractivity contribution in [2.75, 3.05) is 11.3 Å². The number of carbonyl (C=O) groups excluding carboxylic acids is 1. The molecule has 0 aliphatic rings. The highest BCUT2D eigenvalue weighted by atomic mass is 32.2. The molecule has 6 nitrogen and oxygen atoms in total. The molecule has 0 aliphatic heterocycles. The van der Waals surface area contributed by atoms with Crippen LogP contribution >= 0.6 is 11.3 Å². The van der Waals surface area contributed by atoms with Gasteiger partial charge in [0.2, 0.25) is 0 Å². The summed E-state index contributed by atoms with van der Waals surface area (Å²) in [5.74, 6) is -0.375. The van der Waals surface area contributed by atoms with Crippen LogP contribution in [0.1, 0.15) is 17.4 Å². The van der Waals surface area contributed by atoms with E-state index in [9.17, 15) is 26.4 Å². The van der Waals surface area contributed by atoms with Crippen LogP contribution in [0, 0.1) is 0 Å². The molecule has 0 bridgehead atoms. The number of hydrogen-bond acceptors (Lipinski definition) is 5. The first kappa shape index (κ1) is 14.9. The standard InChI is InChI=1S/C7H8F3N3O3S2/c1-4(14)5-2-17-6(12-5)13-18(15,16)11-3-7(8,9)10/h2,11H,3H2,1H3,(H,12,13). The topological polar surface area (TPSA) is 88.2 Å². The minimum Gasteiger partial charge on any atom is -0.293 e. The van der Waals surface area contributed by atoms with Gasteiger partial charge in [0.15, 0.2) is 10.9 Å². The number of thiazole rings is 1. The highest BCUT2D eigenvalue weighted by molar-refractivity contribution is 7.91. The summed E-state index contributed by atoms with van der Waals surface area (Å²) in [7, 11) is -4.36. The number of aromatic nitrogens is 1. The summed E-state index contributed by atoms with van der Waals surface area (Å²) in [6, 6.07) is 0. The van der Waals surface area contributed by atoms with E-state index in [1.54, 1.807) is 4.72 Å². The molecule has 0 fully saturated rings. The van der Waals surface area contributed by atoms with Crippen LogP contribution in [0.2, 0.25) is 0 Å². The quantitative estimate of drug-likeness (QED) is 0.799. The smallest absolute Gasteiger partial charge is 0.293 e. The van der Waals surface area contributed by atoms with Gasteiger partial charge in [0.1, 0.15) is 12.2 Å². The highest BCUT2D eigenvalue weighted by Gasteiger charge is 2.29. The van der Waals surface area contributed by atoms with E-state index in [1.165, 1.54) is 17.0 Å². The normalized spacial score (nSPS) is 12.4. The van der Waals surface area contributed by atoms with E-state index >= 15 is 0 Å². The first-order chi connectivity index (χ1) is 8.09. The average molecular weight is 303 g/mol. The van der Waals surface area contributed by atoms with Gasteiger partial charge in [-0.3, -0.25) is 4.79 Å². The van der Waals surface area contributed by atoms with Gasteiger partial charge < -0.3 is 0 Å². The van der Waals surface area contributed by atoms with Crippen molar-refractivity contribution < 1.29 is 26.4 Å². The Balaban J connectivity index is 2.67. The van der Waals surface area contributed by atoms with E-state index in [0.29, 0.717) is 0 Å². The van der Waals surface area contributed by atoms with Crippen LogP contribution in [0.4, 0.5) is 18.3 Å². The number of nitrogens with one attached hydrogen (secondary N) is 2. The van der Waals surface area contributed by atoms with E-state index < -0.39 is 22.9 Å². The number of halogens is 3. The van der Waals surface area contributed by atoms with Crippen molar-refractivity contribution in [1.82, 2.24) is 9.71 Å². The average Bonchev–Trinajstić information content (AvgIpc) is 2.62. The number of ketones is 1. The molecule has 102 valence electrons. The van der Waals surface area contributed by atoms with E-state index in [-0.39, 0.29) is 16.6 Å². The Kier molecular flexibility index (Phi) is 4.29. The summed E-state index contributed by atoms with van der Waals surface area (Å²) in [6.45, 7) is -0.456. The molecule has 2 N–H and O–H groups in total. The van der Waals surface area contributed by atoms with Gasteiger partial charge in [-0.25, -0.2) is 9.71 Å². The summed E-state index contributed by atoms with van der Waals surface area (Å²) in [4.78, 5) is 14.5. The van der Waals surface area contributed by atoms with Gasteiger partial charge >= 0.3 is 16.4 Å². The van der Waals surface area contributed by atoms with Gasteiger partial charge in [-0.15, -0.1) is 11.3 Å². The maximum absolute atomic E-state index is 11.8. The number of hydrogen-bond donors (Lipinski definition) is 2. The molecule has 0 atom stereocenters. The molecule has 0 unspecified atom stereocenters. The van der Waals surface area contributed by atoms with Crippen LogP contribution in [-0.4, -0.2) is 31.9 Å². The number of alkyl halides is 3. The largest absolute Gasteiger partial charge is 0.402 e. The van der Waals surface area contributed by atoms with Crippen LogP contribution in [0.3, 0.4) is 0 Å². The lowest BCUT2D eigenvalue weighted by Crippen LogP contribution is -2.37. The van der Waals surface area contributed by atoms with Crippen LogP contribution in [0.5, 0.6) is 0 Å². The van der Waals surface area contributed by atoms with Gasteiger partial charge in [0, 0.05) is 12.3 Å². The molecule has 1 aromatic rings. The van der Waals surface area contributed by atoms with Crippen molar-refractivity contribution in [3.8, 4) is 0 Å². The summed E-state index contributed by atoms with van der Waals surface area (Å²) < 4.78 is 60.9. The summed E-state index contributed by atoms with van der Waals surface area (Å²) in [6.07, 6.45) is -4.65. The highest BCUT2D eigenvalue weighted by Crippen LogP contribution is 2.17. The monoisotopic (exact) mass is 303 g/mol. The van der Waals surface area contributed by atoms with Crippen LogP contribution in [0.15, 0.2) is 5.38 Å². The fraction of sp³-hybridized carbons (Fsp3) is 0.429. The predicted molar refractivity (Wildman–Crippen MR) is 58.7 cm³/mol. The third kappa shape index (κ3) is 4.98. The molecule has 1 rings (SSSR count). The summed E-state index contributed by atoms with van der Waals surface area (Å²) >= 11 is 0.795. The van der Waals surface area contributed by atoms with Gasteiger partial charge in [0.05, 0.1) is 0 Å². The molecular formula is C7H8F3N3O3S2. The second-order valence-electron chi connectivity index (χ2n) is 3.14. The molecule has 0 radical (unpaired) electrons. The molecule has 18 heavy (non-hydrogen) atoms. The lowest BCUT2D eigenvalue weighted by Gasteiger charge is -2.09. The third-order valence-corrected chi connectivity index (χ3v) is 3.42. The maximum Gasteiger partial charge on any atom is 0.402 e. The van der Waals surface area contributed by atoms with E-state index in [1.807, 2.05) is 0 Å². The summed E-state index contributed by atoms with van der Waals surface area (Å²) in [5, 5.41) is 1.11. The second-order valence-corrected chi connectivity index (χ2v) is 5.49. The molecule has 0 saturated heterocycles. The SMILES string of the molecule is CC(=O)c1csc(NS(=O)(=O)NCC(F)(F)F)n1. The van der Waals surface area contributed by atoms with Crippen molar-refractivity contribution in [3.63, 3.8) is 0 Å². The Hall–Kier alpha value is -1.20. The van der Waals surface area contributed by atoms with E-state index in [0.717, 1.165) is 11.3 Å². The van der Waals surface area contributed by atoms with Crippen molar-refractivity contribution in [1.29, 1.82) is 0 Å². The Morgan fingerprint density at radius 2 is 2.11 bits per heavy atom. The van der Waals surface area contributed by atoms with Crippen LogP contribution in [-0.2, 0) is 10.2 Å². The fourth-order valence-corrected chi connectivity index (χ4v) is 2.63. The molecule has 0 aromatic carbocycles. The number of rotatable bonds is 5. The van der Waals surface area contributed by atoms with Crippen molar-refractivity contribution in [2.24, 2.45) is 0 Å². The predicted octanol–water partition coefficient (Wildman–Crippen LogP) is 1.15. The lowest BCUT2D eigenvalue weighted by atomic mass is 10.4. The zero-order valence-electron chi connectivity index (χ0n) is 8.91. The van der Waals surface area contributed by atoms with Crippen LogP contribution in [0.25, 0.3) is 0 Å². The maximum atomic E-state index is 11.8. The summed E-state index contributed by atoms with van der Waals surface area (Å²) in [5.41, 5.74) is 0.0357. The molecule has 0 amide bonds. The van der Waals surface area contributed by atoms with Crippen molar-refractivity contribution in [3.05, 3.63) is 11.1 Å². The molecule has 0 spiro atoms. The Bertz CT molecular complexity index is 538. The van der Waals surface area contributed by atoms with Gasteiger partial charge in [-0.05, 0) is 0 Å². The van der Waals surface area contributed by atoms with Gasteiger partial charge in [-0.1, -0.05) is 0 Å². The first-order valence-corrected chi connectivity index (χ1v) is 6.76.